The fourth-order valence-electron chi connectivity index (χ4n) is 2.78. The van der Waals surface area contributed by atoms with Crippen LogP contribution in [0.3, 0.4) is 0 Å². The summed E-state index contributed by atoms with van der Waals surface area (Å²) in [5.74, 6) is -1.01. The molecule has 0 spiro atoms. The Morgan fingerprint density at radius 3 is 2.73 bits per heavy atom. The van der Waals surface area contributed by atoms with E-state index in [-0.39, 0.29) is 15.7 Å². The molecule has 1 aliphatic heterocycles. The van der Waals surface area contributed by atoms with Crippen molar-refractivity contribution in [3.63, 3.8) is 0 Å². The average molecular weight is 390 g/mol. The van der Waals surface area contributed by atoms with E-state index < -0.39 is 23.4 Å². The van der Waals surface area contributed by atoms with Crippen LogP contribution in [0.25, 0.3) is 10.1 Å². The molecule has 4 amide bonds. The quantitative estimate of drug-likeness (QED) is 0.672. The Balaban J connectivity index is 1.62. The number of furan rings is 1. The molecule has 2 N–H and O–H groups in total. The molecule has 9 heteroatoms. The molecule has 0 bridgehead atoms. The summed E-state index contributed by atoms with van der Waals surface area (Å²) in [6, 6.07) is 9.72. The second kappa shape index (κ2) is 5.86. The SMILES string of the molecule is CC1(c2ccco2)NC(=O)N(NC(=O)c2sc3ccccc3c2Cl)C1=O. The summed E-state index contributed by atoms with van der Waals surface area (Å²) >= 11 is 7.46. The van der Waals surface area contributed by atoms with Gasteiger partial charge in [0.25, 0.3) is 11.8 Å². The van der Waals surface area contributed by atoms with Crippen molar-refractivity contribution in [1.82, 2.24) is 15.8 Å². The van der Waals surface area contributed by atoms with Gasteiger partial charge in [0.2, 0.25) is 0 Å². The maximum Gasteiger partial charge on any atom is 0.344 e. The first kappa shape index (κ1) is 16.6. The molecule has 0 saturated carbocycles. The molecule has 1 aliphatic rings. The Morgan fingerprint density at radius 1 is 1.27 bits per heavy atom. The summed E-state index contributed by atoms with van der Waals surface area (Å²) < 4.78 is 6.08. The van der Waals surface area contributed by atoms with Crippen molar-refractivity contribution in [2.24, 2.45) is 0 Å². The molecule has 1 aromatic carbocycles. The number of urea groups is 1. The van der Waals surface area contributed by atoms with Gasteiger partial charge in [-0.05, 0) is 25.1 Å². The summed E-state index contributed by atoms with van der Waals surface area (Å²) in [5, 5.41) is 4.19. The molecule has 3 aromatic rings. The van der Waals surface area contributed by atoms with Gasteiger partial charge in [0, 0.05) is 10.1 Å². The summed E-state index contributed by atoms with van der Waals surface area (Å²) in [7, 11) is 0. The molecule has 1 fully saturated rings. The molecule has 26 heavy (non-hydrogen) atoms. The zero-order chi connectivity index (χ0) is 18.5. The Hall–Kier alpha value is -2.84. The van der Waals surface area contributed by atoms with Gasteiger partial charge in [0.15, 0.2) is 5.54 Å². The summed E-state index contributed by atoms with van der Waals surface area (Å²) in [6.07, 6.45) is 1.40. The van der Waals surface area contributed by atoms with Crippen LogP contribution in [0.5, 0.6) is 0 Å². The molecular formula is C17H12ClN3O4S. The van der Waals surface area contributed by atoms with Crippen LogP contribution in [0.15, 0.2) is 47.1 Å². The van der Waals surface area contributed by atoms with Crippen molar-refractivity contribution in [1.29, 1.82) is 0 Å². The number of nitrogens with zero attached hydrogens (tertiary/aromatic N) is 1. The van der Waals surface area contributed by atoms with Crippen LogP contribution in [0.1, 0.15) is 22.4 Å². The number of rotatable bonds is 3. The largest absolute Gasteiger partial charge is 0.466 e. The minimum Gasteiger partial charge on any atom is -0.466 e. The van der Waals surface area contributed by atoms with E-state index in [9.17, 15) is 14.4 Å². The van der Waals surface area contributed by atoms with Gasteiger partial charge in [0.1, 0.15) is 10.6 Å². The number of benzene rings is 1. The summed E-state index contributed by atoms with van der Waals surface area (Å²) in [4.78, 5) is 37.7. The number of carbonyl (C=O) groups is 3. The molecule has 132 valence electrons. The topological polar surface area (TPSA) is 91.7 Å². The third-order valence-corrected chi connectivity index (χ3v) is 5.83. The smallest absolute Gasteiger partial charge is 0.344 e. The van der Waals surface area contributed by atoms with Crippen LogP contribution in [-0.2, 0) is 10.3 Å². The minimum absolute atomic E-state index is 0.222. The summed E-state index contributed by atoms with van der Waals surface area (Å²) in [5.41, 5.74) is 0.940. The fraction of sp³-hybridized carbons (Fsp3) is 0.118. The van der Waals surface area contributed by atoms with E-state index in [0.29, 0.717) is 5.01 Å². The van der Waals surface area contributed by atoms with Gasteiger partial charge in [-0.3, -0.25) is 15.0 Å². The first-order chi connectivity index (χ1) is 12.4. The third-order valence-electron chi connectivity index (χ3n) is 4.16. The van der Waals surface area contributed by atoms with Gasteiger partial charge >= 0.3 is 6.03 Å². The molecular weight excluding hydrogens is 378 g/mol. The Labute approximate surface area is 156 Å². The summed E-state index contributed by atoms with van der Waals surface area (Å²) in [6.45, 7) is 1.50. The van der Waals surface area contributed by atoms with E-state index in [0.717, 1.165) is 10.1 Å². The van der Waals surface area contributed by atoms with Crippen molar-refractivity contribution in [3.05, 3.63) is 58.3 Å². The Morgan fingerprint density at radius 2 is 2.04 bits per heavy atom. The standard InChI is InChI=1S/C17H12ClN3O4S/c1-17(11-7-4-8-25-11)15(23)21(16(24)19-17)20-14(22)13-12(18)9-5-2-3-6-10(9)26-13/h2-8H,1H3,(H,19,24)(H,20,22). The van der Waals surface area contributed by atoms with Crippen molar-refractivity contribution >= 4 is 50.9 Å². The first-order valence-corrected chi connectivity index (χ1v) is 8.80. The lowest BCUT2D eigenvalue weighted by molar-refractivity contribution is -0.133. The molecule has 3 heterocycles. The van der Waals surface area contributed by atoms with Crippen molar-refractivity contribution < 1.29 is 18.8 Å². The predicted molar refractivity (Wildman–Crippen MR) is 95.7 cm³/mol. The lowest BCUT2D eigenvalue weighted by Crippen LogP contribution is -2.47. The van der Waals surface area contributed by atoms with Crippen LogP contribution >= 0.6 is 22.9 Å². The maximum absolute atomic E-state index is 12.7. The highest BCUT2D eigenvalue weighted by Gasteiger charge is 2.52. The minimum atomic E-state index is -1.39. The van der Waals surface area contributed by atoms with Gasteiger partial charge in [-0.2, -0.15) is 5.01 Å². The lowest BCUT2D eigenvalue weighted by Gasteiger charge is -2.18. The van der Waals surface area contributed by atoms with Gasteiger partial charge in [0.05, 0.1) is 11.3 Å². The van der Waals surface area contributed by atoms with Gasteiger partial charge in [-0.1, -0.05) is 29.8 Å². The van der Waals surface area contributed by atoms with E-state index in [1.807, 2.05) is 18.2 Å². The van der Waals surface area contributed by atoms with Gasteiger partial charge < -0.3 is 9.73 Å². The molecule has 4 rings (SSSR count). The lowest BCUT2D eigenvalue weighted by atomic mass is 10.00. The highest BCUT2D eigenvalue weighted by atomic mass is 35.5. The monoisotopic (exact) mass is 389 g/mol. The number of hydrogen-bond acceptors (Lipinski definition) is 5. The second-order valence-corrected chi connectivity index (χ2v) is 7.29. The van der Waals surface area contributed by atoms with Crippen LogP contribution < -0.4 is 10.7 Å². The normalized spacial score (nSPS) is 19.8. The molecule has 7 nitrogen and oxygen atoms in total. The number of carbonyl (C=O) groups excluding carboxylic acids is 3. The van der Waals surface area contributed by atoms with Crippen LogP contribution in [0, 0.1) is 0 Å². The van der Waals surface area contributed by atoms with Crippen molar-refractivity contribution in [2.75, 3.05) is 0 Å². The Kier molecular flexibility index (Phi) is 3.74. The van der Waals surface area contributed by atoms with Crippen LogP contribution in [0.2, 0.25) is 5.02 Å². The zero-order valence-electron chi connectivity index (χ0n) is 13.4. The van der Waals surface area contributed by atoms with Crippen molar-refractivity contribution in [3.8, 4) is 0 Å². The number of nitrogens with one attached hydrogen (secondary N) is 2. The molecule has 1 unspecified atom stereocenters. The van der Waals surface area contributed by atoms with E-state index in [4.69, 9.17) is 16.0 Å². The van der Waals surface area contributed by atoms with E-state index >= 15 is 0 Å². The number of thiophene rings is 1. The fourth-order valence-corrected chi connectivity index (χ4v) is 4.19. The number of halogens is 1. The molecule has 2 aromatic heterocycles. The van der Waals surface area contributed by atoms with E-state index in [1.165, 1.54) is 24.5 Å². The maximum atomic E-state index is 12.7. The van der Waals surface area contributed by atoms with E-state index in [1.54, 1.807) is 18.2 Å². The van der Waals surface area contributed by atoms with Crippen LogP contribution in [0.4, 0.5) is 4.79 Å². The molecule has 1 atom stereocenters. The second-order valence-electron chi connectivity index (χ2n) is 5.86. The first-order valence-electron chi connectivity index (χ1n) is 7.60. The highest BCUT2D eigenvalue weighted by Crippen LogP contribution is 2.35. The van der Waals surface area contributed by atoms with E-state index in [2.05, 4.69) is 10.7 Å². The third kappa shape index (κ3) is 2.38. The highest BCUT2D eigenvalue weighted by molar-refractivity contribution is 7.21. The van der Waals surface area contributed by atoms with Gasteiger partial charge in [-0.15, -0.1) is 11.3 Å². The zero-order valence-corrected chi connectivity index (χ0v) is 15.0. The molecule has 0 radical (unpaired) electrons. The number of hydrogen-bond donors (Lipinski definition) is 2. The van der Waals surface area contributed by atoms with Gasteiger partial charge in [-0.25, -0.2) is 4.79 Å². The molecule has 1 saturated heterocycles. The number of amides is 4. The number of hydrazine groups is 1. The van der Waals surface area contributed by atoms with Crippen molar-refractivity contribution in [2.45, 2.75) is 12.5 Å². The Bertz CT molecular complexity index is 1050. The number of fused-ring (bicyclic) bond motifs is 1. The predicted octanol–water partition coefficient (Wildman–Crippen LogP) is 3.26. The van der Waals surface area contributed by atoms with Crippen LogP contribution in [-0.4, -0.2) is 22.9 Å². The number of imide groups is 1. The average Bonchev–Trinajstić information content (AvgIpc) is 3.32. The molecule has 0 aliphatic carbocycles.